The second-order valence-corrected chi connectivity index (χ2v) is 4.84. The molecule has 2 aromatic carbocycles. The Balaban J connectivity index is 1.93. The highest BCUT2D eigenvalue weighted by Crippen LogP contribution is 2.09. The molecule has 0 fully saturated rings. The van der Waals surface area contributed by atoms with Gasteiger partial charge in [0.15, 0.2) is 6.29 Å². The van der Waals surface area contributed by atoms with Crippen molar-refractivity contribution < 1.29 is 19.0 Å². The highest BCUT2D eigenvalue weighted by Gasteiger charge is 2.07. The Morgan fingerprint density at radius 3 is 1.83 bits per heavy atom. The van der Waals surface area contributed by atoms with Crippen molar-refractivity contribution in [2.75, 3.05) is 7.11 Å². The summed E-state index contributed by atoms with van der Waals surface area (Å²) in [6.07, 6.45) is 2.23. The quantitative estimate of drug-likeness (QED) is 0.425. The normalized spacial score (nSPS) is 11.0. The lowest BCUT2D eigenvalue weighted by atomic mass is 10.2. The van der Waals surface area contributed by atoms with Crippen LogP contribution in [-0.4, -0.2) is 19.4 Å². The van der Waals surface area contributed by atoms with E-state index >= 15 is 0 Å². The molecule has 2 aromatic rings. The summed E-state index contributed by atoms with van der Waals surface area (Å²) in [5.74, 6) is -0.443. The van der Waals surface area contributed by atoms with Gasteiger partial charge in [0.1, 0.15) is 0 Å². The van der Waals surface area contributed by atoms with Crippen molar-refractivity contribution in [2.45, 2.75) is 19.5 Å². The first-order chi connectivity index (χ1) is 11.3. The van der Waals surface area contributed by atoms with E-state index in [9.17, 15) is 4.79 Å². The van der Waals surface area contributed by atoms with E-state index in [1.807, 2.05) is 60.7 Å². The minimum atomic E-state index is -0.630. The molecule has 0 amide bonds. The molecule has 0 radical (unpaired) electrons. The van der Waals surface area contributed by atoms with Crippen molar-refractivity contribution in [3.63, 3.8) is 0 Å². The number of esters is 1. The second kappa shape index (κ2) is 9.56. The minimum absolute atomic E-state index is 0.395. The Morgan fingerprint density at radius 2 is 1.39 bits per heavy atom. The molecule has 0 bridgehead atoms. The van der Waals surface area contributed by atoms with Crippen LogP contribution in [0.2, 0.25) is 0 Å². The maximum absolute atomic E-state index is 11.2. The monoisotopic (exact) mass is 312 g/mol. The smallest absolute Gasteiger partial charge is 0.330 e. The van der Waals surface area contributed by atoms with Crippen LogP contribution >= 0.6 is 0 Å². The fourth-order valence-corrected chi connectivity index (χ4v) is 1.89. The van der Waals surface area contributed by atoms with Gasteiger partial charge in [0.2, 0.25) is 0 Å². The largest absolute Gasteiger partial charge is 0.466 e. The van der Waals surface area contributed by atoms with Crippen LogP contribution in [0, 0.1) is 0 Å². The highest BCUT2D eigenvalue weighted by molar-refractivity contribution is 5.81. The Labute approximate surface area is 136 Å². The molecule has 0 aliphatic carbocycles. The highest BCUT2D eigenvalue weighted by atomic mass is 16.7. The van der Waals surface area contributed by atoms with Gasteiger partial charge in [-0.15, -0.1) is 0 Å². The molecule has 0 aliphatic heterocycles. The van der Waals surface area contributed by atoms with E-state index in [1.54, 1.807) is 6.08 Å². The third kappa shape index (κ3) is 6.46. The number of carbonyl (C=O) groups is 1. The van der Waals surface area contributed by atoms with Gasteiger partial charge in [-0.3, -0.25) is 0 Å². The summed E-state index contributed by atoms with van der Waals surface area (Å²) in [4.78, 5) is 11.2. The topological polar surface area (TPSA) is 44.8 Å². The zero-order chi connectivity index (χ0) is 16.3. The van der Waals surface area contributed by atoms with Crippen molar-refractivity contribution >= 4 is 5.97 Å². The molecule has 0 N–H and O–H groups in total. The maximum atomic E-state index is 11.2. The standard InChI is InChI=1S/C19H20O4/c1-21-18(20)12-13-19(22-14-16-8-4-2-5-9-16)23-15-17-10-6-3-7-11-17/h2-13,19H,14-15H2,1H3/b13-12+. The molecular formula is C19H20O4. The van der Waals surface area contributed by atoms with Gasteiger partial charge in [-0.2, -0.15) is 0 Å². The van der Waals surface area contributed by atoms with Crippen LogP contribution in [0.3, 0.4) is 0 Å². The minimum Gasteiger partial charge on any atom is -0.466 e. The molecule has 0 atom stereocenters. The van der Waals surface area contributed by atoms with Crippen molar-refractivity contribution in [3.8, 4) is 0 Å². The summed E-state index contributed by atoms with van der Waals surface area (Å²) in [7, 11) is 1.33. The summed E-state index contributed by atoms with van der Waals surface area (Å²) in [6, 6.07) is 19.6. The number of ether oxygens (including phenoxy) is 3. The average molecular weight is 312 g/mol. The molecule has 4 nitrogen and oxygen atoms in total. The first kappa shape index (κ1) is 16.9. The molecule has 4 heteroatoms. The predicted molar refractivity (Wildman–Crippen MR) is 87.4 cm³/mol. The molecule has 0 saturated carbocycles. The molecule has 0 unspecified atom stereocenters. The summed E-state index contributed by atoms with van der Waals surface area (Å²) < 4.78 is 16.0. The van der Waals surface area contributed by atoms with E-state index in [1.165, 1.54) is 13.2 Å². The first-order valence-corrected chi connectivity index (χ1v) is 7.35. The molecule has 23 heavy (non-hydrogen) atoms. The Hall–Kier alpha value is -2.43. The molecular weight excluding hydrogens is 292 g/mol. The van der Waals surface area contributed by atoms with Gasteiger partial charge in [-0.1, -0.05) is 60.7 Å². The van der Waals surface area contributed by atoms with Crippen LogP contribution in [0.15, 0.2) is 72.8 Å². The first-order valence-electron chi connectivity index (χ1n) is 7.35. The number of benzene rings is 2. The third-order valence-corrected chi connectivity index (χ3v) is 3.10. The van der Waals surface area contributed by atoms with E-state index in [0.717, 1.165) is 11.1 Å². The Morgan fingerprint density at radius 1 is 0.913 bits per heavy atom. The Kier molecular flexibility index (Phi) is 7.04. The SMILES string of the molecule is COC(=O)/C=C/C(OCc1ccccc1)OCc1ccccc1. The maximum Gasteiger partial charge on any atom is 0.330 e. The third-order valence-electron chi connectivity index (χ3n) is 3.10. The molecule has 0 spiro atoms. The number of carbonyl (C=O) groups excluding carboxylic acids is 1. The van der Waals surface area contributed by atoms with Crippen LogP contribution in [0.1, 0.15) is 11.1 Å². The van der Waals surface area contributed by atoms with Crippen LogP contribution in [-0.2, 0) is 32.2 Å². The number of rotatable bonds is 8. The predicted octanol–water partition coefficient (Wildman–Crippen LogP) is 3.48. The van der Waals surface area contributed by atoms with Gasteiger partial charge in [-0.05, 0) is 17.2 Å². The van der Waals surface area contributed by atoms with Crippen molar-refractivity contribution in [2.24, 2.45) is 0 Å². The second-order valence-electron chi connectivity index (χ2n) is 4.84. The number of hydrogen-bond donors (Lipinski definition) is 0. The van der Waals surface area contributed by atoms with Gasteiger partial charge in [0.05, 0.1) is 20.3 Å². The summed E-state index contributed by atoms with van der Waals surface area (Å²) in [6.45, 7) is 0.789. The zero-order valence-electron chi connectivity index (χ0n) is 13.1. The lowest BCUT2D eigenvalue weighted by Crippen LogP contribution is -2.15. The van der Waals surface area contributed by atoms with E-state index in [-0.39, 0.29) is 0 Å². The fourth-order valence-electron chi connectivity index (χ4n) is 1.89. The summed E-state index contributed by atoms with van der Waals surface area (Å²) in [5, 5.41) is 0. The van der Waals surface area contributed by atoms with Gasteiger partial charge >= 0.3 is 5.97 Å². The van der Waals surface area contributed by atoms with Crippen molar-refractivity contribution in [1.29, 1.82) is 0 Å². The van der Waals surface area contributed by atoms with Crippen LogP contribution in [0.25, 0.3) is 0 Å². The fraction of sp³-hybridized carbons (Fsp3) is 0.211. The number of methoxy groups -OCH3 is 1. The summed E-state index contributed by atoms with van der Waals surface area (Å²) >= 11 is 0. The van der Waals surface area contributed by atoms with Crippen molar-refractivity contribution in [3.05, 3.63) is 83.9 Å². The van der Waals surface area contributed by atoms with E-state index in [0.29, 0.717) is 13.2 Å². The molecule has 0 saturated heterocycles. The molecule has 120 valence electrons. The van der Waals surface area contributed by atoms with Crippen molar-refractivity contribution in [1.82, 2.24) is 0 Å². The Bertz CT molecular complexity index is 564. The lowest BCUT2D eigenvalue weighted by Gasteiger charge is -2.15. The van der Waals surface area contributed by atoms with E-state index in [2.05, 4.69) is 4.74 Å². The van der Waals surface area contributed by atoms with E-state index < -0.39 is 12.3 Å². The summed E-state index contributed by atoms with van der Waals surface area (Å²) in [5.41, 5.74) is 2.07. The van der Waals surface area contributed by atoms with Gasteiger partial charge in [0.25, 0.3) is 0 Å². The molecule has 2 rings (SSSR count). The zero-order valence-corrected chi connectivity index (χ0v) is 13.1. The van der Waals surface area contributed by atoms with Crippen LogP contribution < -0.4 is 0 Å². The van der Waals surface area contributed by atoms with Crippen LogP contribution in [0.4, 0.5) is 0 Å². The van der Waals surface area contributed by atoms with Crippen LogP contribution in [0.5, 0.6) is 0 Å². The molecule has 0 heterocycles. The average Bonchev–Trinajstić information content (AvgIpc) is 2.62. The van der Waals surface area contributed by atoms with E-state index in [4.69, 9.17) is 9.47 Å². The molecule has 0 aliphatic rings. The molecule has 0 aromatic heterocycles. The van der Waals surface area contributed by atoms with Gasteiger partial charge in [0, 0.05) is 6.08 Å². The number of hydrogen-bond acceptors (Lipinski definition) is 4. The van der Waals surface area contributed by atoms with Gasteiger partial charge in [-0.25, -0.2) is 4.79 Å². The lowest BCUT2D eigenvalue weighted by molar-refractivity contribution is -0.136. The van der Waals surface area contributed by atoms with Gasteiger partial charge < -0.3 is 14.2 Å².